The lowest BCUT2D eigenvalue weighted by atomic mass is 10.2. The first-order valence-electron chi connectivity index (χ1n) is 7.37. The molecule has 0 amide bonds. The van der Waals surface area contributed by atoms with Crippen molar-refractivity contribution >= 4 is 5.52 Å². The molecule has 0 bridgehead atoms. The van der Waals surface area contributed by atoms with E-state index in [9.17, 15) is 0 Å². The van der Waals surface area contributed by atoms with E-state index in [1.807, 2.05) is 25.5 Å². The van der Waals surface area contributed by atoms with E-state index >= 15 is 0 Å². The van der Waals surface area contributed by atoms with Crippen molar-refractivity contribution in [3.63, 3.8) is 0 Å². The molecule has 1 unspecified atom stereocenters. The SMILES string of the molecule is Cn1cc(-c2cn3nccc3c(OC3CCCOC3)n2)cn1. The monoisotopic (exact) mass is 299 g/mol. The molecule has 1 atom stereocenters. The molecule has 0 radical (unpaired) electrons. The maximum Gasteiger partial charge on any atom is 0.241 e. The molecule has 0 saturated carbocycles. The standard InChI is InChI=1S/C15H17N5O2/c1-19-8-11(7-17-19)13-9-20-14(4-5-16-20)15(18-13)22-12-3-2-6-21-10-12/h4-5,7-9,12H,2-3,6,10H2,1H3. The first-order valence-corrected chi connectivity index (χ1v) is 7.37. The summed E-state index contributed by atoms with van der Waals surface area (Å²) >= 11 is 0. The number of nitrogens with zero attached hydrogens (tertiary/aromatic N) is 5. The maximum atomic E-state index is 6.07. The number of aryl methyl sites for hydroxylation is 1. The van der Waals surface area contributed by atoms with Gasteiger partial charge in [0.15, 0.2) is 0 Å². The summed E-state index contributed by atoms with van der Waals surface area (Å²) in [4.78, 5) is 4.66. The van der Waals surface area contributed by atoms with Crippen molar-refractivity contribution in [2.45, 2.75) is 18.9 Å². The molecule has 3 aromatic heterocycles. The Morgan fingerprint density at radius 2 is 2.27 bits per heavy atom. The van der Waals surface area contributed by atoms with Gasteiger partial charge in [-0.15, -0.1) is 0 Å². The van der Waals surface area contributed by atoms with E-state index in [1.54, 1.807) is 21.6 Å². The van der Waals surface area contributed by atoms with E-state index in [-0.39, 0.29) is 6.10 Å². The second-order valence-corrected chi connectivity index (χ2v) is 5.45. The molecule has 114 valence electrons. The molecule has 3 aromatic rings. The fourth-order valence-corrected chi connectivity index (χ4v) is 2.64. The summed E-state index contributed by atoms with van der Waals surface area (Å²) in [5, 5.41) is 8.50. The minimum absolute atomic E-state index is 0.0455. The van der Waals surface area contributed by atoms with Crippen molar-refractivity contribution in [3.05, 3.63) is 30.9 Å². The van der Waals surface area contributed by atoms with Crippen LogP contribution in [0.15, 0.2) is 30.9 Å². The molecule has 0 aliphatic carbocycles. The number of hydrogen-bond donors (Lipinski definition) is 0. The van der Waals surface area contributed by atoms with Gasteiger partial charge in [-0.1, -0.05) is 0 Å². The Labute approximate surface area is 127 Å². The second-order valence-electron chi connectivity index (χ2n) is 5.45. The summed E-state index contributed by atoms with van der Waals surface area (Å²) in [5.41, 5.74) is 2.58. The molecular weight excluding hydrogens is 282 g/mol. The van der Waals surface area contributed by atoms with E-state index in [0.29, 0.717) is 12.5 Å². The first kappa shape index (κ1) is 13.3. The quantitative estimate of drug-likeness (QED) is 0.736. The molecule has 1 saturated heterocycles. The molecule has 7 nitrogen and oxygen atoms in total. The second kappa shape index (κ2) is 5.42. The maximum absolute atomic E-state index is 6.07. The Kier molecular flexibility index (Phi) is 3.27. The van der Waals surface area contributed by atoms with Crippen molar-refractivity contribution in [1.29, 1.82) is 0 Å². The van der Waals surface area contributed by atoms with Crippen molar-refractivity contribution in [2.75, 3.05) is 13.2 Å². The van der Waals surface area contributed by atoms with Crippen LogP contribution >= 0.6 is 0 Å². The fourth-order valence-electron chi connectivity index (χ4n) is 2.64. The highest BCUT2D eigenvalue weighted by atomic mass is 16.5. The van der Waals surface area contributed by atoms with Crippen LogP contribution in [0.5, 0.6) is 5.88 Å². The van der Waals surface area contributed by atoms with Crippen molar-refractivity contribution in [2.24, 2.45) is 7.05 Å². The highest BCUT2D eigenvalue weighted by Crippen LogP contribution is 2.25. The Balaban J connectivity index is 1.73. The van der Waals surface area contributed by atoms with E-state index in [1.165, 1.54) is 0 Å². The molecule has 0 aromatic carbocycles. The molecular formula is C15H17N5O2. The summed E-state index contributed by atoms with van der Waals surface area (Å²) in [5.74, 6) is 0.592. The van der Waals surface area contributed by atoms with Gasteiger partial charge in [0.1, 0.15) is 11.6 Å². The topological polar surface area (TPSA) is 66.5 Å². The number of hydrogen-bond acceptors (Lipinski definition) is 5. The average Bonchev–Trinajstić information content (AvgIpc) is 3.17. The van der Waals surface area contributed by atoms with Gasteiger partial charge in [-0.25, -0.2) is 9.50 Å². The van der Waals surface area contributed by atoms with Gasteiger partial charge in [-0.05, 0) is 18.9 Å². The van der Waals surface area contributed by atoms with Gasteiger partial charge in [0.05, 0.1) is 30.9 Å². The van der Waals surface area contributed by atoms with Gasteiger partial charge < -0.3 is 9.47 Å². The molecule has 22 heavy (non-hydrogen) atoms. The summed E-state index contributed by atoms with van der Waals surface area (Å²) < 4.78 is 15.1. The Bertz CT molecular complexity index is 788. The van der Waals surface area contributed by atoms with Gasteiger partial charge in [0, 0.05) is 25.4 Å². The number of aromatic nitrogens is 5. The summed E-state index contributed by atoms with van der Waals surface area (Å²) in [6.45, 7) is 1.42. The summed E-state index contributed by atoms with van der Waals surface area (Å²) in [7, 11) is 1.88. The highest BCUT2D eigenvalue weighted by molar-refractivity contribution is 5.63. The first-order chi connectivity index (χ1) is 10.8. The van der Waals surface area contributed by atoms with Gasteiger partial charge in [-0.2, -0.15) is 10.2 Å². The third-order valence-corrected chi connectivity index (χ3v) is 3.75. The zero-order valence-electron chi connectivity index (χ0n) is 12.3. The van der Waals surface area contributed by atoms with Gasteiger partial charge >= 0.3 is 0 Å². The van der Waals surface area contributed by atoms with Gasteiger partial charge in [0.25, 0.3) is 0 Å². The van der Waals surface area contributed by atoms with Crippen LogP contribution < -0.4 is 4.74 Å². The Hall–Kier alpha value is -2.41. The van der Waals surface area contributed by atoms with E-state index in [4.69, 9.17) is 9.47 Å². The molecule has 7 heteroatoms. The van der Waals surface area contributed by atoms with Crippen LogP contribution in [-0.4, -0.2) is 43.7 Å². The summed E-state index contributed by atoms with van der Waals surface area (Å²) in [6, 6.07) is 1.90. The lowest BCUT2D eigenvalue weighted by Crippen LogP contribution is -2.28. The molecule has 0 spiro atoms. The smallest absolute Gasteiger partial charge is 0.241 e. The predicted octanol–water partition coefficient (Wildman–Crippen LogP) is 1.69. The van der Waals surface area contributed by atoms with Crippen molar-refractivity contribution in [1.82, 2.24) is 24.4 Å². The molecule has 1 aliphatic rings. The lowest BCUT2D eigenvalue weighted by molar-refractivity contribution is 0.00608. The summed E-state index contributed by atoms with van der Waals surface area (Å²) in [6.07, 6.45) is 9.38. The lowest BCUT2D eigenvalue weighted by Gasteiger charge is -2.23. The van der Waals surface area contributed by atoms with Crippen LogP contribution in [0.25, 0.3) is 16.8 Å². The number of ether oxygens (including phenoxy) is 2. The molecule has 4 heterocycles. The average molecular weight is 299 g/mol. The van der Waals surface area contributed by atoms with Crippen LogP contribution in [-0.2, 0) is 11.8 Å². The van der Waals surface area contributed by atoms with Crippen LogP contribution in [0.4, 0.5) is 0 Å². The Morgan fingerprint density at radius 1 is 1.32 bits per heavy atom. The van der Waals surface area contributed by atoms with Crippen LogP contribution in [0.2, 0.25) is 0 Å². The zero-order chi connectivity index (χ0) is 14.9. The highest BCUT2D eigenvalue weighted by Gasteiger charge is 2.19. The molecule has 0 N–H and O–H groups in total. The van der Waals surface area contributed by atoms with Gasteiger partial charge in [0.2, 0.25) is 5.88 Å². The molecule has 1 aliphatic heterocycles. The number of fused-ring (bicyclic) bond motifs is 1. The van der Waals surface area contributed by atoms with Crippen molar-refractivity contribution < 1.29 is 9.47 Å². The minimum atomic E-state index is 0.0455. The normalized spacial score (nSPS) is 18.7. The van der Waals surface area contributed by atoms with E-state index < -0.39 is 0 Å². The largest absolute Gasteiger partial charge is 0.470 e. The number of rotatable bonds is 3. The third kappa shape index (κ3) is 2.43. The fraction of sp³-hybridized carbons (Fsp3) is 0.400. The van der Waals surface area contributed by atoms with Crippen molar-refractivity contribution in [3.8, 4) is 17.1 Å². The predicted molar refractivity (Wildman–Crippen MR) is 79.7 cm³/mol. The molecule has 4 rings (SSSR count). The Morgan fingerprint density at radius 3 is 3.05 bits per heavy atom. The third-order valence-electron chi connectivity index (χ3n) is 3.75. The van der Waals surface area contributed by atoms with E-state index in [2.05, 4.69) is 15.2 Å². The van der Waals surface area contributed by atoms with E-state index in [0.717, 1.165) is 36.2 Å². The van der Waals surface area contributed by atoms with Gasteiger partial charge in [-0.3, -0.25) is 4.68 Å². The molecule has 1 fully saturated rings. The van der Waals surface area contributed by atoms with Crippen LogP contribution in [0.1, 0.15) is 12.8 Å². The minimum Gasteiger partial charge on any atom is -0.470 e. The van der Waals surface area contributed by atoms with Crippen LogP contribution in [0, 0.1) is 0 Å². The zero-order valence-corrected chi connectivity index (χ0v) is 12.3. The van der Waals surface area contributed by atoms with Crippen LogP contribution in [0.3, 0.4) is 0 Å².